The topological polar surface area (TPSA) is 72.6 Å². The first-order valence-corrected chi connectivity index (χ1v) is 5.97. The highest BCUT2D eigenvalue weighted by Crippen LogP contribution is 2.04. The van der Waals surface area contributed by atoms with E-state index in [9.17, 15) is 9.59 Å². The summed E-state index contributed by atoms with van der Waals surface area (Å²) in [6.45, 7) is 4.84. The van der Waals surface area contributed by atoms with Crippen molar-refractivity contribution in [3.8, 4) is 12.3 Å². The Kier molecular flexibility index (Phi) is 7.81. The Labute approximate surface area is 109 Å². The average Bonchev–Trinajstić information content (AvgIpc) is 2.32. The van der Waals surface area contributed by atoms with Crippen LogP contribution in [0.4, 0.5) is 0 Å². The molecule has 18 heavy (non-hydrogen) atoms. The van der Waals surface area contributed by atoms with E-state index in [1.807, 2.05) is 13.8 Å². The number of amides is 1. The van der Waals surface area contributed by atoms with E-state index >= 15 is 0 Å². The van der Waals surface area contributed by atoms with Crippen LogP contribution in [0, 0.1) is 18.3 Å². The van der Waals surface area contributed by atoms with Crippen molar-refractivity contribution in [2.75, 3.05) is 20.2 Å². The van der Waals surface area contributed by atoms with E-state index in [1.54, 1.807) is 4.90 Å². The third-order valence-corrected chi connectivity index (χ3v) is 2.37. The van der Waals surface area contributed by atoms with E-state index < -0.39 is 6.04 Å². The fourth-order valence-corrected chi connectivity index (χ4v) is 1.51. The van der Waals surface area contributed by atoms with Crippen LogP contribution in [0.1, 0.15) is 26.7 Å². The van der Waals surface area contributed by atoms with Crippen LogP contribution in [0.15, 0.2) is 0 Å². The summed E-state index contributed by atoms with van der Waals surface area (Å²) in [6, 6.07) is -0.702. The van der Waals surface area contributed by atoms with Gasteiger partial charge in [-0.05, 0) is 5.92 Å². The molecule has 1 atom stereocenters. The van der Waals surface area contributed by atoms with Crippen LogP contribution in [-0.4, -0.2) is 43.0 Å². The molecule has 0 saturated heterocycles. The zero-order valence-corrected chi connectivity index (χ0v) is 11.3. The Balaban J connectivity index is 4.52. The summed E-state index contributed by atoms with van der Waals surface area (Å²) >= 11 is 0. The molecule has 0 aliphatic carbocycles. The lowest BCUT2D eigenvalue weighted by Gasteiger charge is -2.26. The minimum Gasteiger partial charge on any atom is -0.469 e. The number of hydrogen-bond donors (Lipinski definition) is 1. The van der Waals surface area contributed by atoms with E-state index in [2.05, 4.69) is 10.7 Å². The van der Waals surface area contributed by atoms with Gasteiger partial charge < -0.3 is 15.4 Å². The lowest BCUT2D eigenvalue weighted by atomic mass is 10.1. The molecule has 0 bridgehead atoms. The molecule has 5 heteroatoms. The number of nitrogens with zero attached hydrogens (tertiary/aromatic N) is 1. The summed E-state index contributed by atoms with van der Waals surface area (Å²) in [5, 5.41) is 0. The summed E-state index contributed by atoms with van der Waals surface area (Å²) in [6.07, 6.45) is 5.50. The molecule has 0 heterocycles. The van der Waals surface area contributed by atoms with Crippen molar-refractivity contribution < 1.29 is 14.3 Å². The van der Waals surface area contributed by atoms with Crippen LogP contribution in [0.25, 0.3) is 0 Å². The Hall–Kier alpha value is -1.54. The molecule has 2 N–H and O–H groups in total. The number of hydrogen-bond acceptors (Lipinski definition) is 4. The SMILES string of the molecule is C#CCC(N)C(=O)N(CCC(=O)OC)CC(C)C. The number of ether oxygens (including phenoxy) is 1. The van der Waals surface area contributed by atoms with Gasteiger partial charge in [0.25, 0.3) is 0 Å². The van der Waals surface area contributed by atoms with Crippen LogP contribution in [0.2, 0.25) is 0 Å². The number of carbonyl (C=O) groups is 2. The smallest absolute Gasteiger partial charge is 0.307 e. The van der Waals surface area contributed by atoms with Crippen LogP contribution in [0.3, 0.4) is 0 Å². The maximum Gasteiger partial charge on any atom is 0.307 e. The summed E-state index contributed by atoms with van der Waals surface area (Å²) in [5.41, 5.74) is 5.69. The molecule has 5 nitrogen and oxygen atoms in total. The molecule has 0 aromatic carbocycles. The highest BCUT2D eigenvalue weighted by molar-refractivity contribution is 5.82. The zero-order valence-electron chi connectivity index (χ0n) is 11.3. The van der Waals surface area contributed by atoms with Crippen LogP contribution >= 0.6 is 0 Å². The van der Waals surface area contributed by atoms with Gasteiger partial charge in [-0.3, -0.25) is 9.59 Å². The summed E-state index contributed by atoms with van der Waals surface area (Å²) in [4.78, 5) is 24.7. The number of nitrogens with two attached hydrogens (primary N) is 1. The molecule has 0 radical (unpaired) electrons. The Morgan fingerprint density at radius 2 is 2.06 bits per heavy atom. The lowest BCUT2D eigenvalue weighted by molar-refractivity contribution is -0.142. The van der Waals surface area contributed by atoms with Crippen molar-refractivity contribution in [1.29, 1.82) is 0 Å². The summed E-state index contributed by atoms with van der Waals surface area (Å²) in [5.74, 6) is 2.10. The molecule has 0 aliphatic rings. The predicted molar refractivity (Wildman–Crippen MR) is 69.5 cm³/mol. The van der Waals surface area contributed by atoms with Crippen molar-refractivity contribution in [3.05, 3.63) is 0 Å². The minimum atomic E-state index is -0.702. The monoisotopic (exact) mass is 254 g/mol. The van der Waals surface area contributed by atoms with Crippen molar-refractivity contribution >= 4 is 11.9 Å². The first-order chi connectivity index (χ1) is 8.42. The molecule has 1 amide bonds. The second kappa shape index (κ2) is 8.54. The van der Waals surface area contributed by atoms with Gasteiger partial charge in [0.05, 0.1) is 19.6 Å². The normalized spacial score (nSPS) is 11.8. The standard InChI is InChI=1S/C13H22N2O3/c1-5-6-11(14)13(17)15(9-10(2)3)8-7-12(16)18-4/h1,10-11H,6-9,14H2,2-4H3. The first-order valence-electron chi connectivity index (χ1n) is 5.97. The molecular formula is C13H22N2O3. The molecule has 0 rings (SSSR count). The van der Waals surface area contributed by atoms with Crippen molar-refractivity contribution in [2.24, 2.45) is 11.7 Å². The van der Waals surface area contributed by atoms with Gasteiger partial charge in [-0.25, -0.2) is 0 Å². The number of terminal acetylenes is 1. The highest BCUT2D eigenvalue weighted by Gasteiger charge is 2.21. The predicted octanol–water partition coefficient (Wildman–Crippen LogP) is 0.385. The molecular weight excluding hydrogens is 232 g/mol. The fraction of sp³-hybridized carbons (Fsp3) is 0.692. The highest BCUT2D eigenvalue weighted by atomic mass is 16.5. The summed E-state index contributed by atoms with van der Waals surface area (Å²) in [7, 11) is 1.32. The van der Waals surface area contributed by atoms with E-state index in [1.165, 1.54) is 7.11 Å². The van der Waals surface area contributed by atoms with E-state index in [-0.39, 0.29) is 24.7 Å². The van der Waals surface area contributed by atoms with Gasteiger partial charge in [0, 0.05) is 19.5 Å². The molecule has 0 spiro atoms. The van der Waals surface area contributed by atoms with E-state index in [0.717, 1.165) is 0 Å². The van der Waals surface area contributed by atoms with E-state index in [4.69, 9.17) is 12.2 Å². The second-order valence-electron chi connectivity index (χ2n) is 4.52. The maximum absolute atomic E-state index is 12.0. The Bertz CT molecular complexity index is 321. The molecule has 0 aliphatic heterocycles. The van der Waals surface area contributed by atoms with Crippen LogP contribution in [0.5, 0.6) is 0 Å². The molecule has 0 saturated carbocycles. The Morgan fingerprint density at radius 3 is 2.50 bits per heavy atom. The quantitative estimate of drug-likeness (QED) is 0.527. The second-order valence-corrected chi connectivity index (χ2v) is 4.52. The number of methoxy groups -OCH3 is 1. The van der Waals surface area contributed by atoms with Gasteiger partial charge in [-0.15, -0.1) is 12.3 Å². The number of rotatable bonds is 7. The lowest BCUT2D eigenvalue weighted by Crippen LogP contribution is -2.45. The van der Waals surface area contributed by atoms with Gasteiger partial charge in [0.2, 0.25) is 5.91 Å². The van der Waals surface area contributed by atoms with Gasteiger partial charge in [0.1, 0.15) is 0 Å². The van der Waals surface area contributed by atoms with Gasteiger partial charge in [-0.2, -0.15) is 0 Å². The molecule has 102 valence electrons. The number of carbonyl (C=O) groups excluding carboxylic acids is 2. The Morgan fingerprint density at radius 1 is 1.44 bits per heavy atom. The third kappa shape index (κ3) is 6.26. The van der Waals surface area contributed by atoms with E-state index in [0.29, 0.717) is 19.0 Å². The zero-order chi connectivity index (χ0) is 14.1. The van der Waals surface area contributed by atoms with Gasteiger partial charge >= 0.3 is 5.97 Å². The van der Waals surface area contributed by atoms with Crippen molar-refractivity contribution in [3.63, 3.8) is 0 Å². The third-order valence-electron chi connectivity index (χ3n) is 2.37. The first kappa shape index (κ1) is 16.5. The molecule has 0 fully saturated rings. The summed E-state index contributed by atoms with van der Waals surface area (Å²) < 4.78 is 4.55. The van der Waals surface area contributed by atoms with Crippen molar-refractivity contribution in [1.82, 2.24) is 4.90 Å². The average molecular weight is 254 g/mol. The van der Waals surface area contributed by atoms with Gasteiger partial charge in [0.15, 0.2) is 0 Å². The van der Waals surface area contributed by atoms with Crippen LogP contribution < -0.4 is 5.73 Å². The minimum absolute atomic E-state index is 0.164. The number of esters is 1. The van der Waals surface area contributed by atoms with Crippen LogP contribution in [-0.2, 0) is 14.3 Å². The largest absolute Gasteiger partial charge is 0.469 e. The fourth-order valence-electron chi connectivity index (χ4n) is 1.51. The molecule has 0 aromatic rings. The molecule has 0 aromatic heterocycles. The molecule has 1 unspecified atom stereocenters. The van der Waals surface area contributed by atoms with Gasteiger partial charge in [-0.1, -0.05) is 13.8 Å². The maximum atomic E-state index is 12.0. The van der Waals surface area contributed by atoms with Crippen molar-refractivity contribution in [2.45, 2.75) is 32.7 Å².